The summed E-state index contributed by atoms with van der Waals surface area (Å²) in [5.74, 6) is 0. The Morgan fingerprint density at radius 1 is 1.12 bits per heavy atom. The van der Waals surface area contributed by atoms with Crippen LogP contribution in [0, 0.1) is 0 Å². The van der Waals surface area contributed by atoms with E-state index >= 15 is 0 Å². The van der Waals surface area contributed by atoms with Gasteiger partial charge in [0.05, 0.1) is 0 Å². The Morgan fingerprint density at radius 3 is 1.12 bits per heavy atom. The smallest absolute Gasteiger partial charge is 0.822 e. The molecule has 0 aromatic heterocycles. The van der Waals surface area contributed by atoms with Crippen LogP contribution in [-0.4, -0.2) is 0 Å². The molecule has 0 unspecified atom stereocenters. The minimum Gasteiger partial charge on any atom is -0.822 e. The fraction of sp³-hybridized carbons (Fsp3) is 0. The molecule has 0 amide bonds. The van der Waals surface area contributed by atoms with Crippen molar-refractivity contribution in [2.75, 3.05) is 0 Å². The number of hydrogen-bond donors (Lipinski definition) is 0. The van der Waals surface area contributed by atoms with Crippen LogP contribution >= 0.6 is 7.82 Å². The molecule has 0 saturated carbocycles. The first-order valence-corrected chi connectivity index (χ1v) is 2.19. The van der Waals surface area contributed by atoms with Crippen LogP contribution in [0.5, 0.6) is 0 Å². The minimum absolute atomic E-state index is 0. The molecule has 0 N–H and O–H groups in total. The summed E-state index contributed by atoms with van der Waals surface area (Å²) < 4.78 is 8.55. The van der Waals surface area contributed by atoms with Crippen molar-refractivity contribution in [3.63, 3.8) is 0 Å². The maximum Gasteiger partial charge on any atom is 2.00 e. The SMILES string of the molecule is O=P([O-])([O-])[O-].[Na+].[Ni+2].[V]. The standard InChI is InChI=1S/Na.Ni.H3O4P.V/c;;1-5(2,3)4;/h;;(H3,1,2,3,4);/q+1;+2;;/p-3. The topological polar surface area (TPSA) is 86.2 Å². The van der Waals surface area contributed by atoms with Crippen molar-refractivity contribution in [3.05, 3.63) is 0 Å². The van der Waals surface area contributed by atoms with E-state index in [9.17, 15) is 0 Å². The zero-order valence-corrected chi connectivity index (χ0v) is 9.12. The predicted molar refractivity (Wildman–Crippen MR) is 7.61 cm³/mol. The molecule has 0 aliphatic rings. The Morgan fingerprint density at radius 2 is 1.12 bits per heavy atom. The monoisotopic (exact) mass is 227 g/mol. The van der Waals surface area contributed by atoms with E-state index in [0.717, 1.165) is 0 Å². The second-order valence-electron chi connectivity index (χ2n) is 0.447. The van der Waals surface area contributed by atoms with Crippen LogP contribution in [-0.2, 0) is 39.6 Å². The molecular weight excluding hydrogens is 228 g/mol. The van der Waals surface area contributed by atoms with Crippen molar-refractivity contribution in [2.24, 2.45) is 0 Å². The van der Waals surface area contributed by atoms with E-state index in [1.54, 1.807) is 0 Å². The molecule has 0 aromatic carbocycles. The first-order valence-electron chi connectivity index (χ1n) is 0.730. The summed E-state index contributed by atoms with van der Waals surface area (Å²) >= 11 is 0. The molecule has 0 saturated heterocycles. The molecule has 1 radical (unpaired) electrons. The van der Waals surface area contributed by atoms with Gasteiger partial charge in [0.25, 0.3) is 0 Å². The quantitative estimate of drug-likeness (QED) is 0.305. The molecule has 0 aromatic rings. The third-order valence-electron chi connectivity index (χ3n) is 0. The molecule has 0 atom stereocenters. The van der Waals surface area contributed by atoms with Crippen molar-refractivity contribution >= 4 is 7.82 Å². The summed E-state index contributed by atoms with van der Waals surface area (Å²) in [5, 5.41) is 0. The third kappa shape index (κ3) is 88.4. The van der Waals surface area contributed by atoms with Gasteiger partial charge in [-0.15, -0.1) is 0 Å². The number of phosphoric acid groups is 1. The van der Waals surface area contributed by atoms with Crippen LogP contribution in [0.4, 0.5) is 0 Å². The van der Waals surface area contributed by atoms with Crippen molar-refractivity contribution in [3.8, 4) is 0 Å². The van der Waals surface area contributed by atoms with Gasteiger partial charge in [-0.05, 0) is 0 Å². The zero-order chi connectivity index (χ0) is 4.50. The van der Waals surface area contributed by atoms with Gasteiger partial charge in [0.1, 0.15) is 0 Å². The van der Waals surface area contributed by atoms with Crippen molar-refractivity contribution in [1.29, 1.82) is 0 Å². The molecule has 45 valence electrons. The minimum atomic E-state index is -5.39. The summed E-state index contributed by atoms with van der Waals surface area (Å²) in [6, 6.07) is 0. The van der Waals surface area contributed by atoms with E-state index in [0.29, 0.717) is 0 Å². The van der Waals surface area contributed by atoms with E-state index < -0.39 is 7.82 Å². The second-order valence-corrected chi connectivity index (χ2v) is 1.34. The second kappa shape index (κ2) is 9.19. The number of rotatable bonds is 0. The summed E-state index contributed by atoms with van der Waals surface area (Å²) in [7, 11) is -5.39. The van der Waals surface area contributed by atoms with Gasteiger partial charge in [-0.1, -0.05) is 0 Å². The van der Waals surface area contributed by atoms with Crippen LogP contribution in [0.3, 0.4) is 0 Å². The largest absolute Gasteiger partial charge is 2.00 e. The molecule has 0 heterocycles. The molecule has 0 bridgehead atoms. The van der Waals surface area contributed by atoms with Gasteiger partial charge >= 0.3 is 46.0 Å². The van der Waals surface area contributed by atoms with Crippen LogP contribution < -0.4 is 44.2 Å². The van der Waals surface area contributed by atoms with Gasteiger partial charge in [0.2, 0.25) is 0 Å². The van der Waals surface area contributed by atoms with E-state index in [1.165, 1.54) is 0 Å². The molecule has 0 aliphatic carbocycles. The molecular formula is NaNiO4PV. The van der Waals surface area contributed by atoms with Gasteiger partial charge in [-0.3, -0.25) is 0 Å². The van der Waals surface area contributed by atoms with Crippen LogP contribution in [0.1, 0.15) is 0 Å². The Balaban J connectivity index is -0.0000000267. The fourth-order valence-electron chi connectivity index (χ4n) is 0. The van der Waals surface area contributed by atoms with Gasteiger partial charge in [-0.2, -0.15) is 7.82 Å². The first-order chi connectivity index (χ1) is 2.00. The van der Waals surface area contributed by atoms with Crippen molar-refractivity contribution in [1.82, 2.24) is 0 Å². The molecule has 0 spiro atoms. The van der Waals surface area contributed by atoms with Gasteiger partial charge < -0.3 is 19.2 Å². The van der Waals surface area contributed by atoms with E-state index in [2.05, 4.69) is 0 Å². The van der Waals surface area contributed by atoms with Gasteiger partial charge in [0.15, 0.2) is 0 Å². The average Bonchev–Trinajstić information content (AvgIpc) is 0.722. The maximum atomic E-state index is 8.55. The maximum absolute atomic E-state index is 8.55. The molecule has 0 rings (SSSR count). The Kier molecular flexibility index (Phi) is 25.8. The Labute approximate surface area is 90.8 Å². The van der Waals surface area contributed by atoms with Crippen LogP contribution in [0.25, 0.3) is 0 Å². The van der Waals surface area contributed by atoms with E-state index in [1.807, 2.05) is 0 Å². The van der Waals surface area contributed by atoms with Crippen molar-refractivity contribution in [2.45, 2.75) is 0 Å². The summed E-state index contributed by atoms with van der Waals surface area (Å²) in [6.07, 6.45) is 0. The molecule has 8 heteroatoms. The fourth-order valence-corrected chi connectivity index (χ4v) is 0. The average molecular weight is 228 g/mol. The predicted octanol–water partition coefficient (Wildman–Crippen LogP) is -5.83. The van der Waals surface area contributed by atoms with Gasteiger partial charge in [-0.25, -0.2) is 0 Å². The molecule has 0 aliphatic heterocycles. The zero-order valence-electron chi connectivity index (χ0n) is 3.84. The Bertz CT molecular complexity index is 62.2. The summed E-state index contributed by atoms with van der Waals surface area (Å²) in [5.41, 5.74) is 0. The number of hydrogen-bond acceptors (Lipinski definition) is 4. The summed E-state index contributed by atoms with van der Waals surface area (Å²) in [4.78, 5) is 25.6. The van der Waals surface area contributed by atoms with Crippen LogP contribution in [0.15, 0.2) is 0 Å². The van der Waals surface area contributed by atoms with Crippen LogP contribution in [0.2, 0.25) is 0 Å². The van der Waals surface area contributed by atoms with E-state index in [4.69, 9.17) is 19.2 Å². The molecule has 4 nitrogen and oxygen atoms in total. The van der Waals surface area contributed by atoms with Crippen molar-refractivity contribution < 1.29 is 83.8 Å². The normalized spacial score (nSPS) is 7.38. The third-order valence-corrected chi connectivity index (χ3v) is 0. The first kappa shape index (κ1) is 22.5. The molecule has 0 fully saturated rings. The summed E-state index contributed by atoms with van der Waals surface area (Å²) in [6.45, 7) is 0. The molecule has 8 heavy (non-hydrogen) atoms. The Hall–Kier alpha value is 2.19. The van der Waals surface area contributed by atoms with Gasteiger partial charge in [0, 0.05) is 18.6 Å². The van der Waals surface area contributed by atoms with E-state index in [-0.39, 0.29) is 64.6 Å².